The van der Waals surface area contributed by atoms with Gasteiger partial charge in [0.25, 0.3) is 5.91 Å². The second kappa shape index (κ2) is 6.78. The summed E-state index contributed by atoms with van der Waals surface area (Å²) >= 11 is 0. The zero-order valence-electron chi connectivity index (χ0n) is 13.7. The highest BCUT2D eigenvalue weighted by molar-refractivity contribution is 6.03. The summed E-state index contributed by atoms with van der Waals surface area (Å²) in [5.41, 5.74) is 0.618. The first-order valence-corrected chi connectivity index (χ1v) is 7.92. The number of hydrogen-bond acceptors (Lipinski definition) is 4. The summed E-state index contributed by atoms with van der Waals surface area (Å²) in [6, 6.07) is 10.8. The maximum absolute atomic E-state index is 12.7. The number of carbonyl (C=O) groups is 2. The quantitative estimate of drug-likeness (QED) is 0.914. The highest BCUT2D eigenvalue weighted by Crippen LogP contribution is 2.35. The normalized spacial score (nSPS) is 16.7. The van der Waals surface area contributed by atoms with Gasteiger partial charge in [-0.3, -0.25) is 14.5 Å². The molecule has 0 bridgehead atoms. The fraction of sp³-hybridized carbons (Fsp3) is 0.333. The maximum atomic E-state index is 12.7. The molecular weight excluding hydrogens is 308 g/mol. The first kappa shape index (κ1) is 16.1. The molecule has 2 heterocycles. The number of para-hydroxylation sites is 2. The van der Waals surface area contributed by atoms with Crippen molar-refractivity contribution in [2.24, 2.45) is 5.92 Å². The molecule has 126 valence electrons. The molecule has 0 aliphatic carbocycles. The number of fused-ring (bicyclic) bond motifs is 1. The van der Waals surface area contributed by atoms with Crippen molar-refractivity contribution in [2.75, 3.05) is 11.4 Å². The summed E-state index contributed by atoms with van der Waals surface area (Å²) in [5, 5.41) is 2.76. The predicted molar refractivity (Wildman–Crippen MR) is 88.6 cm³/mol. The molecule has 2 amide bonds. The van der Waals surface area contributed by atoms with Crippen molar-refractivity contribution in [1.82, 2.24) is 5.32 Å². The monoisotopic (exact) mass is 328 g/mol. The fourth-order valence-corrected chi connectivity index (χ4v) is 2.62. The molecule has 0 radical (unpaired) electrons. The number of ether oxygens (including phenoxy) is 1. The molecule has 0 unspecified atom stereocenters. The summed E-state index contributed by atoms with van der Waals surface area (Å²) in [5.74, 6) is 0.849. The molecule has 6 heteroatoms. The highest BCUT2D eigenvalue weighted by Gasteiger charge is 2.36. The number of carbonyl (C=O) groups excluding carboxylic acids is 2. The summed E-state index contributed by atoms with van der Waals surface area (Å²) in [6.07, 6.45) is 0.967. The van der Waals surface area contributed by atoms with Crippen LogP contribution in [0.2, 0.25) is 0 Å². The van der Waals surface area contributed by atoms with Crippen molar-refractivity contribution < 1.29 is 18.7 Å². The van der Waals surface area contributed by atoms with Gasteiger partial charge in [-0.2, -0.15) is 0 Å². The van der Waals surface area contributed by atoms with Gasteiger partial charge < -0.3 is 14.5 Å². The van der Waals surface area contributed by atoms with Crippen molar-refractivity contribution in [2.45, 2.75) is 26.5 Å². The van der Waals surface area contributed by atoms with E-state index in [-0.39, 0.29) is 24.3 Å². The van der Waals surface area contributed by atoms with Crippen molar-refractivity contribution in [3.63, 3.8) is 0 Å². The minimum atomic E-state index is -0.585. The van der Waals surface area contributed by atoms with Gasteiger partial charge in [0.1, 0.15) is 18.1 Å². The minimum absolute atomic E-state index is 0.0135. The Bertz CT molecular complexity index is 724. The van der Waals surface area contributed by atoms with Gasteiger partial charge in [0.2, 0.25) is 5.91 Å². The molecule has 1 N–H and O–H groups in total. The second-order valence-corrected chi connectivity index (χ2v) is 6.03. The van der Waals surface area contributed by atoms with Crippen molar-refractivity contribution in [3.05, 3.63) is 48.4 Å². The van der Waals surface area contributed by atoms with Crippen molar-refractivity contribution in [1.29, 1.82) is 0 Å². The number of amides is 2. The maximum Gasteiger partial charge on any atom is 0.268 e. The second-order valence-electron chi connectivity index (χ2n) is 6.03. The Kier molecular flexibility index (Phi) is 4.55. The molecule has 1 atom stereocenters. The standard InChI is InChI=1S/C18H20N2O4/c1-12(2)17-18(22)20(14-7-3-4-8-15(14)24-17)11-16(21)19-10-13-6-5-9-23-13/h3-9,12,17H,10-11H2,1-2H3,(H,19,21)/t17-/m0/s1. The number of anilines is 1. The zero-order valence-corrected chi connectivity index (χ0v) is 13.7. The average Bonchev–Trinajstić information content (AvgIpc) is 3.08. The van der Waals surface area contributed by atoms with Crippen LogP contribution >= 0.6 is 0 Å². The van der Waals surface area contributed by atoms with Gasteiger partial charge in [-0.05, 0) is 30.2 Å². The van der Waals surface area contributed by atoms with Crippen LogP contribution in [-0.2, 0) is 16.1 Å². The van der Waals surface area contributed by atoms with Crippen LogP contribution in [0, 0.1) is 5.92 Å². The van der Waals surface area contributed by atoms with E-state index < -0.39 is 6.10 Å². The molecule has 1 aliphatic heterocycles. The van der Waals surface area contributed by atoms with E-state index in [9.17, 15) is 9.59 Å². The Morgan fingerprint density at radius 2 is 2.04 bits per heavy atom. The molecule has 1 aromatic heterocycles. The van der Waals surface area contributed by atoms with Gasteiger partial charge >= 0.3 is 0 Å². The Labute approximate surface area is 140 Å². The summed E-state index contributed by atoms with van der Waals surface area (Å²) in [7, 11) is 0. The van der Waals surface area contributed by atoms with E-state index in [0.717, 1.165) is 0 Å². The molecule has 24 heavy (non-hydrogen) atoms. The molecule has 0 fully saturated rings. The van der Waals surface area contributed by atoms with Crippen LogP contribution in [0.4, 0.5) is 5.69 Å². The van der Waals surface area contributed by atoms with E-state index in [1.165, 1.54) is 4.90 Å². The first-order valence-electron chi connectivity index (χ1n) is 7.92. The Morgan fingerprint density at radius 1 is 1.25 bits per heavy atom. The van der Waals surface area contributed by atoms with Crippen LogP contribution in [0.3, 0.4) is 0 Å². The number of furan rings is 1. The molecule has 2 aromatic rings. The average molecular weight is 328 g/mol. The van der Waals surface area contributed by atoms with Crippen LogP contribution in [0.5, 0.6) is 5.75 Å². The molecule has 3 rings (SSSR count). The van der Waals surface area contributed by atoms with Crippen molar-refractivity contribution in [3.8, 4) is 5.75 Å². The SMILES string of the molecule is CC(C)[C@@H]1Oc2ccccc2N(CC(=O)NCc2ccco2)C1=O. The summed E-state index contributed by atoms with van der Waals surface area (Å²) < 4.78 is 11.0. The van der Waals surface area contributed by atoms with Gasteiger partial charge in [-0.1, -0.05) is 26.0 Å². The lowest BCUT2D eigenvalue weighted by Gasteiger charge is -2.35. The predicted octanol–water partition coefficient (Wildman–Crippen LogP) is 2.35. The van der Waals surface area contributed by atoms with Gasteiger partial charge in [-0.25, -0.2) is 0 Å². The van der Waals surface area contributed by atoms with Crippen LogP contribution in [-0.4, -0.2) is 24.5 Å². The van der Waals surface area contributed by atoms with E-state index >= 15 is 0 Å². The third-order valence-corrected chi connectivity index (χ3v) is 3.87. The molecule has 0 spiro atoms. The lowest BCUT2D eigenvalue weighted by molar-refractivity contribution is -0.130. The van der Waals surface area contributed by atoms with Crippen molar-refractivity contribution >= 4 is 17.5 Å². The van der Waals surface area contributed by atoms with Crippen LogP contribution in [0.25, 0.3) is 0 Å². The van der Waals surface area contributed by atoms with Crippen LogP contribution < -0.4 is 15.0 Å². The molecule has 6 nitrogen and oxygen atoms in total. The summed E-state index contributed by atoms with van der Waals surface area (Å²) in [4.78, 5) is 26.4. The third-order valence-electron chi connectivity index (χ3n) is 3.87. The third kappa shape index (κ3) is 3.27. The van der Waals surface area contributed by atoms with Gasteiger partial charge in [0.05, 0.1) is 18.5 Å². The van der Waals surface area contributed by atoms with E-state index in [2.05, 4.69) is 5.32 Å². The van der Waals surface area contributed by atoms with E-state index in [4.69, 9.17) is 9.15 Å². The van der Waals surface area contributed by atoms with Crippen LogP contribution in [0.1, 0.15) is 19.6 Å². The lowest BCUT2D eigenvalue weighted by atomic mass is 10.0. The van der Waals surface area contributed by atoms with Gasteiger partial charge in [-0.15, -0.1) is 0 Å². The largest absolute Gasteiger partial charge is 0.478 e. The smallest absolute Gasteiger partial charge is 0.268 e. The van der Waals surface area contributed by atoms with E-state index in [0.29, 0.717) is 23.7 Å². The summed E-state index contributed by atoms with van der Waals surface area (Å²) in [6.45, 7) is 4.08. The number of hydrogen-bond donors (Lipinski definition) is 1. The Morgan fingerprint density at radius 3 is 2.75 bits per heavy atom. The minimum Gasteiger partial charge on any atom is -0.478 e. The molecule has 1 aliphatic rings. The number of rotatable bonds is 5. The Balaban J connectivity index is 1.74. The van der Waals surface area contributed by atoms with Crippen LogP contribution in [0.15, 0.2) is 47.1 Å². The molecule has 1 aromatic carbocycles. The number of nitrogens with one attached hydrogen (secondary N) is 1. The van der Waals surface area contributed by atoms with Gasteiger partial charge in [0, 0.05) is 0 Å². The topological polar surface area (TPSA) is 71.8 Å². The first-order chi connectivity index (χ1) is 11.6. The highest BCUT2D eigenvalue weighted by atomic mass is 16.5. The zero-order chi connectivity index (χ0) is 17.1. The van der Waals surface area contributed by atoms with Gasteiger partial charge in [0.15, 0.2) is 6.10 Å². The lowest BCUT2D eigenvalue weighted by Crippen LogP contribution is -2.51. The molecule has 0 saturated heterocycles. The molecular formula is C18H20N2O4. The van der Waals surface area contributed by atoms with E-state index in [1.54, 1.807) is 24.5 Å². The number of nitrogens with zero attached hydrogens (tertiary/aromatic N) is 1. The van der Waals surface area contributed by atoms with E-state index in [1.807, 2.05) is 32.0 Å². The fourth-order valence-electron chi connectivity index (χ4n) is 2.62. The number of benzene rings is 1. The Hall–Kier alpha value is -2.76. The molecule has 0 saturated carbocycles.